The molecular formula is C24H23Cl2N5O3. The summed E-state index contributed by atoms with van der Waals surface area (Å²) in [4.78, 5) is 30.3. The molecule has 4 rings (SSSR count). The molecule has 0 aliphatic carbocycles. The fourth-order valence-electron chi connectivity index (χ4n) is 3.33. The van der Waals surface area contributed by atoms with Crippen molar-refractivity contribution in [2.75, 3.05) is 39.7 Å². The molecule has 0 unspecified atom stereocenters. The number of aromatic nitrogens is 3. The predicted octanol–water partition coefficient (Wildman–Crippen LogP) is 4.51. The standard InChI is InChI=1S/C24H23Cl2N5O3/c1-30(2)10-11-34-31-22-15(12-18(23(31)32)21-19(25)8-5-9-20(21)26)14-27-24(29-22)28-16-6-4-7-17(13-16)33-3/h4-9,12-14H,10-11H2,1-3H3,(H,27,28,29). The van der Waals surface area contributed by atoms with Gasteiger partial charge in [0.2, 0.25) is 5.95 Å². The molecular weight excluding hydrogens is 477 g/mol. The smallest absolute Gasteiger partial charge is 0.293 e. The van der Waals surface area contributed by atoms with Crippen LogP contribution in [0.4, 0.5) is 11.6 Å². The van der Waals surface area contributed by atoms with Crippen LogP contribution >= 0.6 is 23.2 Å². The van der Waals surface area contributed by atoms with Gasteiger partial charge < -0.3 is 19.8 Å². The maximum absolute atomic E-state index is 13.5. The van der Waals surface area contributed by atoms with E-state index in [0.717, 1.165) is 5.69 Å². The number of benzene rings is 2. The third kappa shape index (κ3) is 5.09. The molecule has 4 aromatic rings. The van der Waals surface area contributed by atoms with Crippen molar-refractivity contribution in [2.24, 2.45) is 0 Å². The van der Waals surface area contributed by atoms with E-state index >= 15 is 0 Å². The van der Waals surface area contributed by atoms with Crippen LogP contribution in [0.5, 0.6) is 5.75 Å². The Kier molecular flexibility index (Phi) is 7.21. The summed E-state index contributed by atoms with van der Waals surface area (Å²) >= 11 is 12.8. The molecule has 176 valence electrons. The van der Waals surface area contributed by atoms with Crippen LogP contribution in [-0.4, -0.2) is 54.0 Å². The number of rotatable bonds is 8. The van der Waals surface area contributed by atoms with Gasteiger partial charge in [-0.05, 0) is 44.4 Å². The van der Waals surface area contributed by atoms with E-state index < -0.39 is 5.56 Å². The Balaban J connectivity index is 1.83. The Bertz CT molecular complexity index is 1370. The minimum Gasteiger partial charge on any atom is -0.497 e. The Labute approximate surface area is 206 Å². The number of anilines is 2. The lowest BCUT2D eigenvalue weighted by Crippen LogP contribution is -2.33. The van der Waals surface area contributed by atoms with E-state index in [9.17, 15) is 4.79 Å². The lowest BCUT2D eigenvalue weighted by molar-refractivity contribution is 0.0976. The molecule has 0 saturated heterocycles. The van der Waals surface area contributed by atoms with Gasteiger partial charge in [-0.1, -0.05) is 35.3 Å². The zero-order valence-electron chi connectivity index (χ0n) is 18.9. The monoisotopic (exact) mass is 499 g/mol. The third-order valence-corrected chi connectivity index (χ3v) is 5.65. The van der Waals surface area contributed by atoms with E-state index in [-0.39, 0.29) is 6.61 Å². The summed E-state index contributed by atoms with van der Waals surface area (Å²) in [6, 6.07) is 14.1. The number of halogens is 2. The van der Waals surface area contributed by atoms with E-state index in [2.05, 4.69) is 15.3 Å². The maximum atomic E-state index is 13.5. The van der Waals surface area contributed by atoms with Crippen LogP contribution in [-0.2, 0) is 0 Å². The molecule has 0 aliphatic heterocycles. The number of fused-ring (bicyclic) bond motifs is 1. The lowest BCUT2D eigenvalue weighted by atomic mass is 10.1. The quantitative estimate of drug-likeness (QED) is 0.381. The lowest BCUT2D eigenvalue weighted by Gasteiger charge is -2.16. The largest absolute Gasteiger partial charge is 0.497 e. The van der Waals surface area contributed by atoms with E-state index in [1.165, 1.54) is 4.73 Å². The highest BCUT2D eigenvalue weighted by Crippen LogP contribution is 2.33. The molecule has 0 bridgehead atoms. The van der Waals surface area contributed by atoms with Gasteiger partial charge in [0.05, 0.1) is 22.7 Å². The van der Waals surface area contributed by atoms with Gasteiger partial charge in [-0.3, -0.25) is 4.79 Å². The summed E-state index contributed by atoms with van der Waals surface area (Å²) in [5.74, 6) is 0.990. The minimum atomic E-state index is -0.424. The average Bonchev–Trinajstić information content (AvgIpc) is 2.81. The topological polar surface area (TPSA) is 81.5 Å². The molecule has 34 heavy (non-hydrogen) atoms. The highest BCUT2D eigenvalue weighted by atomic mass is 35.5. The zero-order valence-corrected chi connectivity index (χ0v) is 20.4. The first-order valence-corrected chi connectivity index (χ1v) is 11.2. The number of nitrogens with zero attached hydrogens (tertiary/aromatic N) is 4. The van der Waals surface area contributed by atoms with Crippen LogP contribution in [0, 0.1) is 0 Å². The molecule has 8 nitrogen and oxygen atoms in total. The second kappa shape index (κ2) is 10.3. The molecule has 0 fully saturated rings. The Hall–Kier alpha value is -3.33. The first-order valence-electron chi connectivity index (χ1n) is 10.4. The summed E-state index contributed by atoms with van der Waals surface area (Å²) < 4.78 is 6.44. The molecule has 0 spiro atoms. The number of hydrogen-bond donors (Lipinski definition) is 1. The predicted molar refractivity (Wildman–Crippen MR) is 136 cm³/mol. The van der Waals surface area contributed by atoms with Gasteiger partial charge in [0.25, 0.3) is 5.56 Å². The molecule has 0 amide bonds. The van der Waals surface area contributed by atoms with Gasteiger partial charge in [-0.2, -0.15) is 4.98 Å². The van der Waals surface area contributed by atoms with Crippen molar-refractivity contribution in [2.45, 2.75) is 0 Å². The number of nitrogens with one attached hydrogen (secondary N) is 1. The zero-order chi connectivity index (χ0) is 24.2. The Morgan fingerprint density at radius 1 is 1.09 bits per heavy atom. The fraction of sp³-hybridized carbons (Fsp3) is 0.208. The van der Waals surface area contributed by atoms with Gasteiger partial charge >= 0.3 is 0 Å². The van der Waals surface area contributed by atoms with Crippen LogP contribution < -0.4 is 20.5 Å². The highest BCUT2D eigenvalue weighted by Gasteiger charge is 2.18. The van der Waals surface area contributed by atoms with E-state index in [4.69, 9.17) is 32.8 Å². The Morgan fingerprint density at radius 3 is 2.53 bits per heavy atom. The van der Waals surface area contributed by atoms with Crippen LogP contribution in [0.15, 0.2) is 59.5 Å². The van der Waals surface area contributed by atoms with Crippen molar-refractivity contribution in [3.63, 3.8) is 0 Å². The third-order valence-electron chi connectivity index (χ3n) is 5.02. The van der Waals surface area contributed by atoms with Crippen molar-refractivity contribution in [3.8, 4) is 16.9 Å². The molecule has 2 aromatic heterocycles. The van der Waals surface area contributed by atoms with Crippen molar-refractivity contribution < 1.29 is 9.57 Å². The fourth-order valence-corrected chi connectivity index (χ4v) is 3.93. The Morgan fingerprint density at radius 2 is 1.82 bits per heavy atom. The van der Waals surface area contributed by atoms with Gasteiger partial charge in [0, 0.05) is 35.4 Å². The number of ether oxygens (including phenoxy) is 1. The SMILES string of the molecule is COc1cccc(Nc2ncc3cc(-c4c(Cl)cccc4Cl)c(=O)n(OCCN(C)C)c3n2)c1. The van der Waals surface area contributed by atoms with Gasteiger partial charge in [0.15, 0.2) is 5.65 Å². The first kappa shape index (κ1) is 23.8. The van der Waals surface area contributed by atoms with Gasteiger partial charge in [-0.15, -0.1) is 4.73 Å². The van der Waals surface area contributed by atoms with Crippen LogP contribution in [0.2, 0.25) is 10.0 Å². The summed E-state index contributed by atoms with van der Waals surface area (Å²) in [5.41, 5.74) is 1.36. The maximum Gasteiger partial charge on any atom is 0.293 e. The van der Waals surface area contributed by atoms with Crippen LogP contribution in [0.1, 0.15) is 0 Å². The van der Waals surface area contributed by atoms with Crippen LogP contribution in [0.3, 0.4) is 0 Å². The summed E-state index contributed by atoms with van der Waals surface area (Å²) in [7, 11) is 5.43. The number of pyridine rings is 1. The molecule has 0 aliphatic rings. The summed E-state index contributed by atoms with van der Waals surface area (Å²) in [6.45, 7) is 0.870. The normalized spacial score (nSPS) is 11.1. The second-order valence-corrected chi connectivity index (χ2v) is 8.53. The van der Waals surface area contributed by atoms with Crippen molar-refractivity contribution in [3.05, 3.63) is 75.1 Å². The van der Waals surface area contributed by atoms with Gasteiger partial charge in [-0.25, -0.2) is 4.98 Å². The van der Waals surface area contributed by atoms with Crippen LogP contribution in [0.25, 0.3) is 22.2 Å². The van der Waals surface area contributed by atoms with E-state index in [1.807, 2.05) is 43.3 Å². The second-order valence-electron chi connectivity index (χ2n) is 7.72. The molecule has 0 radical (unpaired) electrons. The molecule has 10 heteroatoms. The van der Waals surface area contributed by atoms with E-state index in [1.54, 1.807) is 37.6 Å². The average molecular weight is 500 g/mol. The van der Waals surface area contributed by atoms with Crippen molar-refractivity contribution in [1.82, 2.24) is 19.6 Å². The minimum absolute atomic E-state index is 0.268. The van der Waals surface area contributed by atoms with Crippen molar-refractivity contribution >= 4 is 45.9 Å². The number of likely N-dealkylation sites (N-methyl/N-ethyl adjacent to an activating group) is 1. The molecule has 1 N–H and O–H groups in total. The number of hydrogen-bond acceptors (Lipinski definition) is 7. The molecule has 2 aromatic carbocycles. The summed E-state index contributed by atoms with van der Waals surface area (Å²) in [6.07, 6.45) is 1.62. The molecule has 0 saturated carbocycles. The van der Waals surface area contributed by atoms with E-state index in [0.29, 0.717) is 50.4 Å². The summed E-state index contributed by atoms with van der Waals surface area (Å²) in [5, 5.41) is 4.45. The highest BCUT2D eigenvalue weighted by molar-refractivity contribution is 6.39. The van der Waals surface area contributed by atoms with Gasteiger partial charge in [0.1, 0.15) is 12.4 Å². The van der Waals surface area contributed by atoms with Crippen molar-refractivity contribution in [1.29, 1.82) is 0 Å². The number of methoxy groups -OCH3 is 1. The molecule has 2 heterocycles. The first-order chi connectivity index (χ1) is 16.4. The molecule has 0 atom stereocenters.